The van der Waals surface area contributed by atoms with Crippen LogP contribution in [0.1, 0.15) is 48.1 Å². The van der Waals surface area contributed by atoms with Gasteiger partial charge < -0.3 is 10.2 Å². The Balaban J connectivity index is 1.83. The Morgan fingerprint density at radius 2 is 1.36 bits per heavy atom. The van der Waals surface area contributed by atoms with Gasteiger partial charge in [-0.1, -0.05) is 91.3 Å². The molecule has 0 saturated heterocycles. The molecule has 236 valence electrons. The standard InChI is InChI=1S/C37H43N3O4S/c1-6-30(5)38-37(42)35(24-31-15-9-7-10-16-31)39(25-32-17-13-14-27(2)21-32)36(41)26-40(33-22-28(3)20-29(4)23-33)45(43,44)34-18-11-8-12-19-34/h7-23,30,35H,6,24-26H2,1-5H3,(H,38,42)/t30-,35-/m0/s1. The van der Waals surface area contributed by atoms with Gasteiger partial charge in [0, 0.05) is 19.0 Å². The summed E-state index contributed by atoms with van der Waals surface area (Å²) < 4.78 is 29.5. The molecule has 0 aliphatic carbocycles. The molecule has 0 bridgehead atoms. The van der Waals surface area contributed by atoms with Crippen molar-refractivity contribution in [2.75, 3.05) is 10.8 Å². The van der Waals surface area contributed by atoms with Crippen LogP contribution in [0.15, 0.2) is 108 Å². The van der Waals surface area contributed by atoms with E-state index in [0.717, 1.165) is 34.2 Å². The fourth-order valence-electron chi connectivity index (χ4n) is 5.35. The summed E-state index contributed by atoms with van der Waals surface area (Å²) in [7, 11) is -4.14. The second-order valence-corrected chi connectivity index (χ2v) is 13.6. The minimum absolute atomic E-state index is 0.0811. The van der Waals surface area contributed by atoms with Crippen molar-refractivity contribution < 1.29 is 18.0 Å². The lowest BCUT2D eigenvalue weighted by Gasteiger charge is -2.34. The zero-order valence-electron chi connectivity index (χ0n) is 26.7. The van der Waals surface area contributed by atoms with E-state index in [-0.39, 0.29) is 29.8 Å². The van der Waals surface area contributed by atoms with Gasteiger partial charge in [0.2, 0.25) is 11.8 Å². The molecular formula is C37H43N3O4S. The first-order chi connectivity index (χ1) is 21.5. The molecule has 4 aromatic rings. The summed E-state index contributed by atoms with van der Waals surface area (Å²) in [6.45, 7) is 9.34. The van der Waals surface area contributed by atoms with E-state index >= 15 is 0 Å². The van der Waals surface area contributed by atoms with Gasteiger partial charge >= 0.3 is 0 Å². The normalized spacial score (nSPS) is 12.6. The van der Waals surface area contributed by atoms with Crippen LogP contribution in [0.3, 0.4) is 0 Å². The molecule has 4 aromatic carbocycles. The number of benzene rings is 4. The maximum absolute atomic E-state index is 14.6. The second kappa shape index (κ2) is 15.0. The highest BCUT2D eigenvalue weighted by Gasteiger charge is 2.35. The predicted octanol–water partition coefficient (Wildman–Crippen LogP) is 6.36. The minimum atomic E-state index is -4.14. The quantitative estimate of drug-likeness (QED) is 0.187. The van der Waals surface area contributed by atoms with E-state index < -0.39 is 28.5 Å². The van der Waals surface area contributed by atoms with Crippen molar-refractivity contribution in [3.05, 3.63) is 131 Å². The molecule has 0 radical (unpaired) electrons. The first-order valence-electron chi connectivity index (χ1n) is 15.3. The zero-order valence-corrected chi connectivity index (χ0v) is 27.6. The van der Waals surface area contributed by atoms with Crippen molar-refractivity contribution in [2.24, 2.45) is 0 Å². The van der Waals surface area contributed by atoms with Crippen LogP contribution in [0.2, 0.25) is 0 Å². The highest BCUT2D eigenvalue weighted by molar-refractivity contribution is 7.92. The van der Waals surface area contributed by atoms with Crippen LogP contribution in [0.4, 0.5) is 5.69 Å². The van der Waals surface area contributed by atoms with E-state index in [2.05, 4.69) is 5.32 Å². The minimum Gasteiger partial charge on any atom is -0.352 e. The zero-order chi connectivity index (χ0) is 32.6. The smallest absolute Gasteiger partial charge is 0.264 e. The molecule has 2 atom stereocenters. The molecule has 0 aliphatic heterocycles. The van der Waals surface area contributed by atoms with Gasteiger partial charge in [0.05, 0.1) is 10.6 Å². The summed E-state index contributed by atoms with van der Waals surface area (Å²) in [4.78, 5) is 30.2. The van der Waals surface area contributed by atoms with Gasteiger partial charge in [0.1, 0.15) is 12.6 Å². The van der Waals surface area contributed by atoms with E-state index in [1.165, 1.54) is 21.3 Å². The topological polar surface area (TPSA) is 86.8 Å². The fourth-order valence-corrected chi connectivity index (χ4v) is 6.76. The van der Waals surface area contributed by atoms with Crippen molar-refractivity contribution in [1.29, 1.82) is 0 Å². The number of carbonyl (C=O) groups excluding carboxylic acids is 2. The average Bonchev–Trinajstić information content (AvgIpc) is 3.01. The summed E-state index contributed by atoms with van der Waals surface area (Å²) in [6, 6.07) is 30.0. The van der Waals surface area contributed by atoms with E-state index in [1.54, 1.807) is 30.3 Å². The molecular weight excluding hydrogens is 582 g/mol. The Kier molecular flexibility index (Phi) is 11.2. The third-order valence-corrected chi connectivity index (χ3v) is 9.60. The summed E-state index contributed by atoms with van der Waals surface area (Å²) >= 11 is 0. The molecule has 0 spiro atoms. The number of aryl methyl sites for hydroxylation is 3. The Morgan fingerprint density at radius 3 is 1.96 bits per heavy atom. The van der Waals surface area contributed by atoms with E-state index in [0.29, 0.717) is 5.69 Å². The SMILES string of the molecule is CC[C@H](C)NC(=O)[C@H](Cc1ccccc1)N(Cc1cccc(C)c1)C(=O)CN(c1cc(C)cc(C)c1)S(=O)(=O)c1ccccc1. The van der Waals surface area contributed by atoms with Crippen LogP contribution in [0, 0.1) is 20.8 Å². The number of sulfonamides is 1. The Labute approximate surface area is 268 Å². The average molecular weight is 626 g/mol. The largest absolute Gasteiger partial charge is 0.352 e. The summed E-state index contributed by atoms with van der Waals surface area (Å²) in [6.07, 6.45) is 1.00. The van der Waals surface area contributed by atoms with Crippen LogP contribution in [0.5, 0.6) is 0 Å². The number of nitrogens with zero attached hydrogens (tertiary/aromatic N) is 2. The summed E-state index contributed by atoms with van der Waals surface area (Å²) in [5, 5.41) is 3.07. The summed E-state index contributed by atoms with van der Waals surface area (Å²) in [5.41, 5.74) is 4.90. The van der Waals surface area contributed by atoms with Crippen molar-refractivity contribution in [3.63, 3.8) is 0 Å². The molecule has 0 aromatic heterocycles. The summed E-state index contributed by atoms with van der Waals surface area (Å²) in [5.74, 6) is -0.756. The Bertz CT molecular complexity index is 1690. The molecule has 1 N–H and O–H groups in total. The van der Waals surface area contributed by atoms with Gasteiger partial charge in [-0.15, -0.1) is 0 Å². The van der Waals surface area contributed by atoms with Gasteiger partial charge in [-0.25, -0.2) is 8.42 Å². The molecule has 0 unspecified atom stereocenters. The van der Waals surface area contributed by atoms with Crippen molar-refractivity contribution >= 4 is 27.5 Å². The molecule has 0 heterocycles. The van der Waals surface area contributed by atoms with Crippen molar-refractivity contribution in [3.8, 4) is 0 Å². The molecule has 2 amide bonds. The second-order valence-electron chi connectivity index (χ2n) is 11.7. The highest BCUT2D eigenvalue weighted by atomic mass is 32.2. The number of hydrogen-bond donors (Lipinski definition) is 1. The van der Waals surface area contributed by atoms with Crippen molar-refractivity contribution in [1.82, 2.24) is 10.2 Å². The molecule has 4 rings (SSSR count). The van der Waals surface area contributed by atoms with Crippen LogP contribution in [0.25, 0.3) is 0 Å². The Hall–Kier alpha value is -4.43. The van der Waals surface area contributed by atoms with E-state index in [9.17, 15) is 18.0 Å². The number of hydrogen-bond acceptors (Lipinski definition) is 4. The van der Waals surface area contributed by atoms with Gasteiger partial charge in [0.25, 0.3) is 10.0 Å². The molecule has 0 fully saturated rings. The molecule has 8 heteroatoms. The van der Waals surface area contributed by atoms with Gasteiger partial charge in [0.15, 0.2) is 0 Å². The fraction of sp³-hybridized carbons (Fsp3) is 0.297. The van der Waals surface area contributed by atoms with E-state index in [4.69, 9.17) is 0 Å². The monoisotopic (exact) mass is 625 g/mol. The first-order valence-corrected chi connectivity index (χ1v) is 16.8. The molecule has 7 nitrogen and oxygen atoms in total. The highest BCUT2D eigenvalue weighted by Crippen LogP contribution is 2.27. The van der Waals surface area contributed by atoms with Crippen LogP contribution in [-0.2, 0) is 32.6 Å². The maximum atomic E-state index is 14.6. The number of rotatable bonds is 13. The third-order valence-electron chi connectivity index (χ3n) is 7.81. The molecule has 45 heavy (non-hydrogen) atoms. The van der Waals surface area contributed by atoms with Crippen LogP contribution < -0.4 is 9.62 Å². The number of anilines is 1. The molecule has 0 saturated carbocycles. The number of carbonyl (C=O) groups is 2. The van der Waals surface area contributed by atoms with Crippen LogP contribution >= 0.6 is 0 Å². The lowest BCUT2D eigenvalue weighted by molar-refractivity contribution is -0.140. The number of amides is 2. The van der Waals surface area contributed by atoms with Crippen LogP contribution in [-0.4, -0.2) is 43.8 Å². The van der Waals surface area contributed by atoms with Gasteiger partial charge in [-0.3, -0.25) is 13.9 Å². The van der Waals surface area contributed by atoms with E-state index in [1.807, 2.05) is 95.3 Å². The number of nitrogens with one attached hydrogen (secondary N) is 1. The predicted molar refractivity (Wildman–Crippen MR) is 180 cm³/mol. The first kappa shape index (κ1) is 33.5. The maximum Gasteiger partial charge on any atom is 0.264 e. The lowest BCUT2D eigenvalue weighted by Crippen LogP contribution is -2.54. The molecule has 0 aliphatic rings. The van der Waals surface area contributed by atoms with Gasteiger partial charge in [-0.05, 0) is 80.6 Å². The third kappa shape index (κ3) is 8.82. The Morgan fingerprint density at radius 1 is 0.756 bits per heavy atom. The van der Waals surface area contributed by atoms with Crippen molar-refractivity contribution in [2.45, 2.75) is 71.0 Å². The van der Waals surface area contributed by atoms with Gasteiger partial charge in [-0.2, -0.15) is 0 Å². The lowest BCUT2D eigenvalue weighted by atomic mass is 10.0.